The molecule has 68 valence electrons. The van der Waals surface area contributed by atoms with Crippen LogP contribution in [0.1, 0.15) is 17.1 Å². The number of fused-ring (bicyclic) bond motifs is 1. The van der Waals surface area contributed by atoms with Crippen LogP contribution in [0, 0.1) is 20.8 Å². The van der Waals surface area contributed by atoms with Gasteiger partial charge in [-0.3, -0.25) is 9.38 Å². The van der Waals surface area contributed by atoms with Crippen LogP contribution in [0.5, 0.6) is 0 Å². The molecular weight excluding hydrogens is 164 g/mol. The number of hydrogen-bond acceptors (Lipinski definition) is 3. The monoisotopic (exact) mass is 176 g/mol. The van der Waals surface area contributed by atoms with Crippen LogP contribution < -0.4 is 5.73 Å². The minimum atomic E-state index is 0.529. The van der Waals surface area contributed by atoms with E-state index in [1.54, 1.807) is 6.20 Å². The van der Waals surface area contributed by atoms with E-state index in [2.05, 4.69) is 9.97 Å². The first-order valence-electron chi connectivity index (χ1n) is 4.18. The fourth-order valence-corrected chi connectivity index (χ4v) is 1.53. The van der Waals surface area contributed by atoms with Crippen molar-refractivity contribution < 1.29 is 0 Å². The minimum Gasteiger partial charge on any atom is -0.369 e. The Bertz CT molecular complexity index is 470. The van der Waals surface area contributed by atoms with Gasteiger partial charge in [-0.15, -0.1) is 0 Å². The highest BCUT2D eigenvalue weighted by atomic mass is 15.1. The lowest BCUT2D eigenvalue weighted by Gasteiger charge is -2.06. The third-order valence-electron chi connectivity index (χ3n) is 2.35. The van der Waals surface area contributed by atoms with Crippen LogP contribution in [0.15, 0.2) is 6.20 Å². The van der Waals surface area contributed by atoms with Crippen LogP contribution in [0.25, 0.3) is 5.52 Å². The third-order valence-corrected chi connectivity index (χ3v) is 2.35. The topological polar surface area (TPSA) is 56.2 Å². The number of imidazole rings is 1. The van der Waals surface area contributed by atoms with E-state index in [0.29, 0.717) is 5.95 Å². The maximum atomic E-state index is 5.74. The second-order valence-corrected chi connectivity index (χ2v) is 3.21. The number of rotatable bonds is 0. The van der Waals surface area contributed by atoms with Crippen LogP contribution in [0.4, 0.5) is 5.95 Å². The molecule has 13 heavy (non-hydrogen) atoms. The zero-order valence-corrected chi connectivity index (χ0v) is 8.00. The number of anilines is 1. The van der Waals surface area contributed by atoms with E-state index in [9.17, 15) is 0 Å². The standard InChI is InChI=1S/C9H12N4/c1-5-7(3)13-8(6(2)12-5)4-11-9(13)10/h4H,1-3H3,(H2,10,11). The van der Waals surface area contributed by atoms with E-state index in [1.807, 2.05) is 25.2 Å². The second kappa shape index (κ2) is 2.45. The Kier molecular flexibility index (Phi) is 1.52. The first kappa shape index (κ1) is 8.04. The lowest BCUT2D eigenvalue weighted by molar-refractivity contribution is 0.978. The van der Waals surface area contributed by atoms with Gasteiger partial charge >= 0.3 is 0 Å². The van der Waals surface area contributed by atoms with Gasteiger partial charge in [-0.25, -0.2) is 4.98 Å². The highest BCUT2D eigenvalue weighted by Gasteiger charge is 2.08. The van der Waals surface area contributed by atoms with Crippen LogP contribution in [0.2, 0.25) is 0 Å². The normalized spacial score (nSPS) is 11.0. The number of aromatic nitrogens is 3. The summed E-state index contributed by atoms with van der Waals surface area (Å²) < 4.78 is 1.93. The predicted molar refractivity (Wildman–Crippen MR) is 51.6 cm³/mol. The van der Waals surface area contributed by atoms with Crippen molar-refractivity contribution in [3.63, 3.8) is 0 Å². The molecule has 0 aliphatic heterocycles. The van der Waals surface area contributed by atoms with E-state index in [1.165, 1.54) is 0 Å². The van der Waals surface area contributed by atoms with Gasteiger partial charge in [0.2, 0.25) is 5.95 Å². The smallest absolute Gasteiger partial charge is 0.205 e. The summed E-state index contributed by atoms with van der Waals surface area (Å²) in [5.74, 6) is 0.529. The molecule has 2 aromatic rings. The van der Waals surface area contributed by atoms with E-state index in [4.69, 9.17) is 5.73 Å². The molecule has 0 radical (unpaired) electrons. The molecule has 0 unspecified atom stereocenters. The van der Waals surface area contributed by atoms with Crippen molar-refractivity contribution in [2.75, 3.05) is 5.73 Å². The number of hydrogen-bond donors (Lipinski definition) is 1. The molecule has 4 heteroatoms. The molecule has 0 aromatic carbocycles. The molecule has 2 rings (SSSR count). The molecule has 0 bridgehead atoms. The van der Waals surface area contributed by atoms with Gasteiger partial charge in [-0.1, -0.05) is 0 Å². The van der Waals surface area contributed by atoms with E-state index in [0.717, 1.165) is 22.6 Å². The lowest BCUT2D eigenvalue weighted by Crippen LogP contribution is -2.03. The van der Waals surface area contributed by atoms with Gasteiger partial charge < -0.3 is 5.73 Å². The molecule has 0 saturated heterocycles. The summed E-state index contributed by atoms with van der Waals surface area (Å²) in [6.07, 6.45) is 1.75. The summed E-state index contributed by atoms with van der Waals surface area (Å²) in [5.41, 5.74) is 9.74. The average Bonchev–Trinajstić information content (AvgIpc) is 2.44. The van der Waals surface area contributed by atoms with Gasteiger partial charge in [0.05, 0.1) is 23.1 Å². The number of nitrogen functional groups attached to an aromatic ring is 1. The molecule has 0 fully saturated rings. The first-order valence-corrected chi connectivity index (χ1v) is 4.18. The lowest BCUT2D eigenvalue weighted by atomic mass is 10.3. The maximum absolute atomic E-state index is 5.74. The Hall–Kier alpha value is -1.58. The van der Waals surface area contributed by atoms with Crippen molar-refractivity contribution in [2.24, 2.45) is 0 Å². The Labute approximate surface area is 76.4 Å². The largest absolute Gasteiger partial charge is 0.369 e. The van der Waals surface area contributed by atoms with Crippen molar-refractivity contribution in [3.05, 3.63) is 23.3 Å². The Balaban J connectivity index is 3.00. The third kappa shape index (κ3) is 0.983. The fraction of sp³-hybridized carbons (Fsp3) is 0.333. The second-order valence-electron chi connectivity index (χ2n) is 3.21. The van der Waals surface area contributed by atoms with Crippen LogP contribution in [-0.4, -0.2) is 14.4 Å². The van der Waals surface area contributed by atoms with Crippen LogP contribution in [0.3, 0.4) is 0 Å². The Morgan fingerprint density at radius 3 is 2.62 bits per heavy atom. The fourth-order valence-electron chi connectivity index (χ4n) is 1.53. The van der Waals surface area contributed by atoms with Crippen LogP contribution >= 0.6 is 0 Å². The van der Waals surface area contributed by atoms with Gasteiger partial charge in [-0.05, 0) is 20.8 Å². The summed E-state index contributed by atoms with van der Waals surface area (Å²) in [4.78, 5) is 8.46. The molecule has 0 aliphatic carbocycles. The summed E-state index contributed by atoms with van der Waals surface area (Å²) in [7, 11) is 0. The molecule has 2 N–H and O–H groups in total. The van der Waals surface area contributed by atoms with Crippen molar-refractivity contribution >= 4 is 11.5 Å². The van der Waals surface area contributed by atoms with Gasteiger partial charge in [0.25, 0.3) is 0 Å². The molecule has 2 heterocycles. The van der Waals surface area contributed by atoms with E-state index < -0.39 is 0 Å². The summed E-state index contributed by atoms with van der Waals surface area (Å²) in [6, 6.07) is 0. The maximum Gasteiger partial charge on any atom is 0.205 e. The van der Waals surface area contributed by atoms with Gasteiger partial charge in [0.15, 0.2) is 0 Å². The van der Waals surface area contributed by atoms with Gasteiger partial charge in [0.1, 0.15) is 0 Å². The molecular formula is C9H12N4. The molecule has 0 atom stereocenters. The van der Waals surface area contributed by atoms with E-state index in [-0.39, 0.29) is 0 Å². The van der Waals surface area contributed by atoms with Crippen molar-refractivity contribution in [3.8, 4) is 0 Å². The highest BCUT2D eigenvalue weighted by Crippen LogP contribution is 2.16. The molecule has 0 amide bonds. The molecule has 0 aliphatic rings. The molecule has 2 aromatic heterocycles. The van der Waals surface area contributed by atoms with Crippen molar-refractivity contribution in [2.45, 2.75) is 20.8 Å². The van der Waals surface area contributed by atoms with Gasteiger partial charge in [-0.2, -0.15) is 0 Å². The van der Waals surface area contributed by atoms with Gasteiger partial charge in [0, 0.05) is 5.69 Å². The number of nitrogens with two attached hydrogens (primary N) is 1. The summed E-state index contributed by atoms with van der Waals surface area (Å²) >= 11 is 0. The van der Waals surface area contributed by atoms with Crippen molar-refractivity contribution in [1.82, 2.24) is 14.4 Å². The zero-order valence-electron chi connectivity index (χ0n) is 8.00. The minimum absolute atomic E-state index is 0.529. The molecule has 0 saturated carbocycles. The average molecular weight is 176 g/mol. The SMILES string of the molecule is Cc1nc(C)c2cnc(N)n2c1C. The Morgan fingerprint density at radius 1 is 1.23 bits per heavy atom. The van der Waals surface area contributed by atoms with Crippen LogP contribution in [-0.2, 0) is 0 Å². The highest BCUT2D eigenvalue weighted by molar-refractivity contribution is 5.56. The number of aryl methyl sites for hydroxylation is 3. The summed E-state index contributed by atoms with van der Waals surface area (Å²) in [5, 5.41) is 0. The molecule has 0 spiro atoms. The van der Waals surface area contributed by atoms with Crippen molar-refractivity contribution in [1.29, 1.82) is 0 Å². The quantitative estimate of drug-likeness (QED) is 0.657. The zero-order chi connectivity index (χ0) is 9.59. The Morgan fingerprint density at radius 2 is 1.92 bits per heavy atom. The predicted octanol–water partition coefficient (Wildman–Crippen LogP) is 1.24. The number of nitrogens with zero attached hydrogens (tertiary/aromatic N) is 3. The van der Waals surface area contributed by atoms with E-state index >= 15 is 0 Å². The first-order chi connectivity index (χ1) is 6.11. The molecule has 4 nitrogen and oxygen atoms in total. The summed E-state index contributed by atoms with van der Waals surface area (Å²) in [6.45, 7) is 5.93.